The van der Waals surface area contributed by atoms with Crippen molar-refractivity contribution in [1.29, 1.82) is 0 Å². The fourth-order valence-electron chi connectivity index (χ4n) is 1.76. The van der Waals surface area contributed by atoms with Gasteiger partial charge in [0.05, 0.1) is 12.3 Å². The number of hydrogen-bond acceptors (Lipinski definition) is 3. The summed E-state index contributed by atoms with van der Waals surface area (Å²) in [6, 6.07) is 8.06. The Balaban J connectivity index is 1.95. The molecule has 0 saturated heterocycles. The van der Waals surface area contributed by atoms with Gasteiger partial charge in [-0.3, -0.25) is 4.68 Å². The standard InChI is InChI=1S/C15H21N3O/c1-4-12(2)19-15-7-5-6-14(8-15)16-9-13-10-17-18(3)11-13/h5-8,10-12,16H,4,9H2,1-3H3/t12-/m1/s1. The summed E-state index contributed by atoms with van der Waals surface area (Å²) < 4.78 is 7.61. The molecule has 0 aliphatic heterocycles. The molecule has 2 aromatic rings. The Morgan fingerprint density at radius 2 is 2.26 bits per heavy atom. The van der Waals surface area contributed by atoms with Crippen LogP contribution < -0.4 is 10.1 Å². The number of nitrogens with zero attached hydrogens (tertiary/aromatic N) is 2. The van der Waals surface area contributed by atoms with Gasteiger partial charge in [0.25, 0.3) is 0 Å². The third-order valence-corrected chi connectivity index (χ3v) is 3.00. The first-order chi connectivity index (χ1) is 9.17. The molecule has 1 heterocycles. The average Bonchev–Trinajstić information content (AvgIpc) is 2.82. The average molecular weight is 259 g/mol. The Hall–Kier alpha value is -1.97. The molecule has 1 aromatic heterocycles. The number of hydrogen-bond donors (Lipinski definition) is 1. The number of nitrogens with one attached hydrogen (secondary N) is 1. The maximum Gasteiger partial charge on any atom is 0.121 e. The highest BCUT2D eigenvalue weighted by Gasteiger charge is 2.02. The van der Waals surface area contributed by atoms with Crippen molar-refractivity contribution in [3.05, 3.63) is 42.2 Å². The quantitative estimate of drug-likeness (QED) is 0.865. The molecule has 0 bridgehead atoms. The van der Waals surface area contributed by atoms with Crippen LogP contribution in [0.3, 0.4) is 0 Å². The molecule has 0 aliphatic rings. The smallest absolute Gasteiger partial charge is 0.121 e. The number of anilines is 1. The summed E-state index contributed by atoms with van der Waals surface area (Å²) >= 11 is 0. The second-order valence-electron chi connectivity index (χ2n) is 4.74. The van der Waals surface area contributed by atoms with Crippen molar-refractivity contribution < 1.29 is 4.74 Å². The Morgan fingerprint density at radius 1 is 1.42 bits per heavy atom. The summed E-state index contributed by atoms with van der Waals surface area (Å²) in [6.45, 7) is 4.96. The van der Waals surface area contributed by atoms with Crippen LogP contribution >= 0.6 is 0 Å². The molecule has 4 heteroatoms. The lowest BCUT2D eigenvalue weighted by atomic mass is 10.2. The van der Waals surface area contributed by atoms with Crippen LogP contribution in [0.4, 0.5) is 5.69 Å². The Bertz CT molecular complexity index is 522. The van der Waals surface area contributed by atoms with Crippen LogP contribution in [0.1, 0.15) is 25.8 Å². The van der Waals surface area contributed by atoms with Gasteiger partial charge < -0.3 is 10.1 Å². The minimum absolute atomic E-state index is 0.244. The molecular weight excluding hydrogens is 238 g/mol. The van der Waals surface area contributed by atoms with E-state index in [2.05, 4.69) is 24.3 Å². The van der Waals surface area contributed by atoms with Crippen LogP contribution in [0.25, 0.3) is 0 Å². The highest BCUT2D eigenvalue weighted by atomic mass is 16.5. The van der Waals surface area contributed by atoms with Crippen molar-refractivity contribution in [3.63, 3.8) is 0 Å². The fraction of sp³-hybridized carbons (Fsp3) is 0.400. The van der Waals surface area contributed by atoms with Crippen LogP contribution in [-0.4, -0.2) is 15.9 Å². The lowest BCUT2D eigenvalue weighted by Gasteiger charge is -2.13. The molecule has 0 spiro atoms. The molecule has 0 amide bonds. The van der Waals surface area contributed by atoms with Crippen LogP contribution in [0, 0.1) is 0 Å². The highest BCUT2D eigenvalue weighted by Crippen LogP contribution is 2.19. The molecular formula is C15H21N3O. The van der Waals surface area contributed by atoms with Gasteiger partial charge in [-0.05, 0) is 25.5 Å². The van der Waals surface area contributed by atoms with E-state index in [1.165, 1.54) is 0 Å². The molecule has 0 unspecified atom stereocenters. The first-order valence-electron chi connectivity index (χ1n) is 6.65. The summed E-state index contributed by atoms with van der Waals surface area (Å²) in [5, 5.41) is 7.52. The molecule has 2 rings (SSSR count). The minimum atomic E-state index is 0.244. The van der Waals surface area contributed by atoms with Crippen LogP contribution in [0.5, 0.6) is 5.75 Å². The lowest BCUT2D eigenvalue weighted by Crippen LogP contribution is -2.09. The Morgan fingerprint density at radius 3 is 2.95 bits per heavy atom. The predicted molar refractivity (Wildman–Crippen MR) is 77.4 cm³/mol. The fourth-order valence-corrected chi connectivity index (χ4v) is 1.76. The number of aryl methyl sites for hydroxylation is 1. The van der Waals surface area contributed by atoms with E-state index in [4.69, 9.17) is 4.74 Å². The maximum atomic E-state index is 5.80. The summed E-state index contributed by atoms with van der Waals surface area (Å²) in [5.74, 6) is 0.908. The molecule has 4 nitrogen and oxygen atoms in total. The van der Waals surface area contributed by atoms with Gasteiger partial charge in [0.15, 0.2) is 0 Å². The van der Waals surface area contributed by atoms with Crippen LogP contribution in [-0.2, 0) is 13.6 Å². The van der Waals surface area contributed by atoms with Gasteiger partial charge in [-0.15, -0.1) is 0 Å². The zero-order chi connectivity index (χ0) is 13.7. The van der Waals surface area contributed by atoms with Crippen molar-refractivity contribution in [2.45, 2.75) is 32.9 Å². The van der Waals surface area contributed by atoms with Gasteiger partial charge in [0.1, 0.15) is 5.75 Å². The molecule has 1 aromatic carbocycles. The van der Waals surface area contributed by atoms with Crippen molar-refractivity contribution in [2.75, 3.05) is 5.32 Å². The number of rotatable bonds is 6. The summed E-state index contributed by atoms with van der Waals surface area (Å²) in [4.78, 5) is 0. The topological polar surface area (TPSA) is 39.1 Å². The molecule has 0 radical (unpaired) electrons. The molecule has 19 heavy (non-hydrogen) atoms. The van der Waals surface area contributed by atoms with Gasteiger partial charge in [-0.2, -0.15) is 5.10 Å². The first-order valence-corrected chi connectivity index (χ1v) is 6.65. The molecule has 102 valence electrons. The van der Waals surface area contributed by atoms with E-state index in [0.29, 0.717) is 0 Å². The van der Waals surface area contributed by atoms with Gasteiger partial charge >= 0.3 is 0 Å². The van der Waals surface area contributed by atoms with Gasteiger partial charge in [-0.1, -0.05) is 13.0 Å². The third-order valence-electron chi connectivity index (χ3n) is 3.00. The lowest BCUT2D eigenvalue weighted by molar-refractivity contribution is 0.217. The number of ether oxygens (including phenoxy) is 1. The van der Waals surface area contributed by atoms with Gasteiger partial charge in [0, 0.05) is 37.1 Å². The van der Waals surface area contributed by atoms with E-state index in [-0.39, 0.29) is 6.10 Å². The summed E-state index contributed by atoms with van der Waals surface area (Å²) in [7, 11) is 1.92. The molecule has 0 saturated carbocycles. The largest absolute Gasteiger partial charge is 0.491 e. The Kier molecular flexibility index (Phi) is 4.44. The first kappa shape index (κ1) is 13.5. The molecule has 1 atom stereocenters. The second-order valence-corrected chi connectivity index (χ2v) is 4.74. The van der Waals surface area contributed by atoms with Crippen molar-refractivity contribution in [2.24, 2.45) is 7.05 Å². The normalized spacial score (nSPS) is 12.2. The molecule has 0 fully saturated rings. The van der Waals surface area contributed by atoms with E-state index in [1.807, 2.05) is 43.7 Å². The molecule has 1 N–H and O–H groups in total. The number of aromatic nitrogens is 2. The molecule has 0 aliphatic carbocycles. The second kappa shape index (κ2) is 6.27. The summed E-state index contributed by atoms with van der Waals surface area (Å²) in [5.41, 5.74) is 2.22. The van der Waals surface area contributed by atoms with Crippen LogP contribution in [0.15, 0.2) is 36.7 Å². The minimum Gasteiger partial charge on any atom is -0.491 e. The third kappa shape index (κ3) is 4.02. The monoisotopic (exact) mass is 259 g/mol. The van der Waals surface area contributed by atoms with Crippen molar-refractivity contribution in [3.8, 4) is 5.75 Å². The van der Waals surface area contributed by atoms with Gasteiger partial charge in [0.2, 0.25) is 0 Å². The zero-order valence-corrected chi connectivity index (χ0v) is 11.8. The summed E-state index contributed by atoms with van der Waals surface area (Å²) in [6.07, 6.45) is 5.13. The zero-order valence-electron chi connectivity index (χ0n) is 11.8. The Labute approximate surface area is 114 Å². The van der Waals surface area contributed by atoms with Crippen molar-refractivity contribution >= 4 is 5.69 Å². The van der Waals surface area contributed by atoms with E-state index in [0.717, 1.165) is 30.0 Å². The maximum absolute atomic E-state index is 5.80. The van der Waals surface area contributed by atoms with E-state index >= 15 is 0 Å². The highest BCUT2D eigenvalue weighted by molar-refractivity contribution is 5.48. The van der Waals surface area contributed by atoms with E-state index < -0.39 is 0 Å². The van der Waals surface area contributed by atoms with E-state index in [9.17, 15) is 0 Å². The van der Waals surface area contributed by atoms with E-state index in [1.54, 1.807) is 4.68 Å². The predicted octanol–water partition coefficient (Wildman–Crippen LogP) is 3.21. The van der Waals surface area contributed by atoms with Crippen LogP contribution in [0.2, 0.25) is 0 Å². The van der Waals surface area contributed by atoms with Crippen molar-refractivity contribution in [1.82, 2.24) is 9.78 Å². The number of benzene rings is 1. The van der Waals surface area contributed by atoms with Gasteiger partial charge in [-0.25, -0.2) is 0 Å². The SMILES string of the molecule is CC[C@@H](C)Oc1cccc(NCc2cnn(C)c2)c1.